The van der Waals surface area contributed by atoms with Crippen LogP contribution in [0.15, 0.2) is 29.3 Å². The zero-order chi connectivity index (χ0) is 21.0. The van der Waals surface area contributed by atoms with E-state index in [2.05, 4.69) is 20.8 Å². The number of methoxy groups -OCH3 is 2. The van der Waals surface area contributed by atoms with Gasteiger partial charge in [0.15, 0.2) is 5.78 Å². The van der Waals surface area contributed by atoms with E-state index in [0.717, 1.165) is 67.8 Å². The average molecular weight is 401 g/mol. The van der Waals surface area contributed by atoms with Crippen LogP contribution < -0.4 is 9.47 Å². The molecule has 0 aliphatic heterocycles. The topological polar surface area (TPSA) is 44.8 Å². The number of unbranched alkanes of at least 4 members (excludes halogenated alkanes) is 1. The molecule has 1 aromatic rings. The van der Waals surface area contributed by atoms with Gasteiger partial charge in [-0.05, 0) is 61.3 Å². The van der Waals surface area contributed by atoms with Gasteiger partial charge < -0.3 is 14.2 Å². The molecule has 3 atom stereocenters. The van der Waals surface area contributed by atoms with E-state index >= 15 is 0 Å². The fourth-order valence-corrected chi connectivity index (χ4v) is 5.15. The number of carbonyl (C=O) groups is 1. The number of hydrogen-bond donors (Lipinski definition) is 0. The van der Waals surface area contributed by atoms with Crippen LogP contribution in [0.3, 0.4) is 0 Å². The van der Waals surface area contributed by atoms with Crippen LogP contribution in [0.5, 0.6) is 11.5 Å². The third-order valence-corrected chi connectivity index (χ3v) is 6.82. The highest BCUT2D eigenvalue weighted by Gasteiger charge is 2.48. The summed E-state index contributed by atoms with van der Waals surface area (Å²) in [4.78, 5) is 13.0. The fraction of sp³-hybridized carbons (Fsp3) is 0.640. The van der Waals surface area contributed by atoms with Crippen molar-refractivity contribution in [3.8, 4) is 11.5 Å². The number of ether oxygens (including phenoxy) is 3. The van der Waals surface area contributed by atoms with Gasteiger partial charge in [-0.2, -0.15) is 0 Å². The highest BCUT2D eigenvalue weighted by molar-refractivity contribution is 5.98. The van der Waals surface area contributed by atoms with Crippen LogP contribution in [0.1, 0.15) is 64.9 Å². The van der Waals surface area contributed by atoms with Crippen LogP contribution in [0.25, 0.3) is 0 Å². The van der Waals surface area contributed by atoms with E-state index in [4.69, 9.17) is 14.2 Å². The maximum absolute atomic E-state index is 13.0. The van der Waals surface area contributed by atoms with E-state index in [1.165, 1.54) is 5.57 Å². The number of fused-ring (bicyclic) bond motifs is 1. The maximum Gasteiger partial charge on any atom is 0.159 e. The Morgan fingerprint density at radius 3 is 2.45 bits per heavy atom. The van der Waals surface area contributed by atoms with Gasteiger partial charge in [0.2, 0.25) is 0 Å². The molecule has 0 spiro atoms. The second-order valence-corrected chi connectivity index (χ2v) is 8.81. The van der Waals surface area contributed by atoms with Crippen LogP contribution in [0.4, 0.5) is 0 Å². The van der Waals surface area contributed by atoms with Crippen LogP contribution in [-0.4, -0.2) is 32.7 Å². The van der Waals surface area contributed by atoms with Gasteiger partial charge >= 0.3 is 0 Å². The van der Waals surface area contributed by atoms with E-state index in [1.807, 2.05) is 18.2 Å². The molecule has 2 unspecified atom stereocenters. The molecular weight excluding hydrogens is 364 g/mol. The molecule has 0 heterocycles. The lowest BCUT2D eigenvalue weighted by atomic mass is 9.68. The SMILES string of the molecule is CCCCOC1CCC2=C([C@H](C)Cc3cc(OC)cc(OC)c3)C(=O)CCC21C. The third-order valence-electron chi connectivity index (χ3n) is 6.82. The molecule has 0 saturated heterocycles. The van der Waals surface area contributed by atoms with Crippen molar-refractivity contribution in [2.75, 3.05) is 20.8 Å². The largest absolute Gasteiger partial charge is 0.497 e. The van der Waals surface area contributed by atoms with Gasteiger partial charge in [-0.3, -0.25) is 4.79 Å². The molecule has 29 heavy (non-hydrogen) atoms. The highest BCUT2D eigenvalue weighted by atomic mass is 16.5. The second-order valence-electron chi connectivity index (χ2n) is 8.81. The fourth-order valence-electron chi connectivity index (χ4n) is 5.15. The van der Waals surface area contributed by atoms with E-state index in [1.54, 1.807) is 14.2 Å². The highest BCUT2D eigenvalue weighted by Crippen LogP contribution is 2.53. The summed E-state index contributed by atoms with van der Waals surface area (Å²) < 4.78 is 17.1. The van der Waals surface area contributed by atoms with Crippen molar-refractivity contribution in [1.29, 1.82) is 0 Å². The zero-order valence-corrected chi connectivity index (χ0v) is 18.7. The Hall–Kier alpha value is -1.81. The van der Waals surface area contributed by atoms with Gasteiger partial charge in [0.25, 0.3) is 0 Å². The first-order valence-electron chi connectivity index (χ1n) is 11.0. The van der Waals surface area contributed by atoms with Gasteiger partial charge in [-0.25, -0.2) is 0 Å². The Balaban J connectivity index is 1.85. The Morgan fingerprint density at radius 1 is 1.14 bits per heavy atom. The lowest BCUT2D eigenvalue weighted by molar-refractivity contribution is -0.118. The number of rotatable bonds is 9. The standard InChI is InChI=1S/C25H36O4/c1-6-7-12-29-23-9-8-21-24(22(26)10-11-25(21,23)3)17(2)13-18-14-19(27-4)16-20(15-18)28-5/h14-17,23H,6-13H2,1-5H3/t17-,23?,25?/m1/s1. The number of ketones is 1. The summed E-state index contributed by atoms with van der Waals surface area (Å²) in [6.07, 6.45) is 6.87. The van der Waals surface area contributed by atoms with Crippen molar-refractivity contribution in [1.82, 2.24) is 0 Å². The monoisotopic (exact) mass is 400 g/mol. The third kappa shape index (κ3) is 4.53. The van der Waals surface area contributed by atoms with Crippen LogP contribution in [0.2, 0.25) is 0 Å². The second kappa shape index (κ2) is 9.34. The van der Waals surface area contributed by atoms with Crippen molar-refractivity contribution in [2.45, 2.75) is 71.8 Å². The first kappa shape index (κ1) is 21.9. The van der Waals surface area contributed by atoms with E-state index in [0.29, 0.717) is 12.2 Å². The molecule has 3 rings (SSSR count). The predicted molar refractivity (Wildman–Crippen MR) is 116 cm³/mol. The lowest BCUT2D eigenvalue weighted by Crippen LogP contribution is -2.36. The van der Waals surface area contributed by atoms with E-state index in [9.17, 15) is 4.79 Å². The molecule has 0 N–H and O–H groups in total. The van der Waals surface area contributed by atoms with Crippen molar-refractivity contribution >= 4 is 5.78 Å². The summed E-state index contributed by atoms with van der Waals surface area (Å²) in [5.41, 5.74) is 3.56. The molecule has 1 aromatic carbocycles. The molecule has 1 saturated carbocycles. The van der Waals surface area contributed by atoms with Crippen molar-refractivity contribution in [3.05, 3.63) is 34.9 Å². The van der Waals surface area contributed by atoms with E-state index in [-0.39, 0.29) is 17.4 Å². The minimum Gasteiger partial charge on any atom is -0.497 e. The quantitative estimate of drug-likeness (QED) is 0.512. The smallest absolute Gasteiger partial charge is 0.159 e. The Kier molecular flexibility index (Phi) is 7.05. The Bertz CT molecular complexity index is 744. The molecule has 0 radical (unpaired) electrons. The first-order chi connectivity index (χ1) is 13.9. The van der Waals surface area contributed by atoms with Gasteiger partial charge in [-0.15, -0.1) is 0 Å². The van der Waals surface area contributed by atoms with Crippen LogP contribution in [-0.2, 0) is 16.0 Å². The summed E-state index contributed by atoms with van der Waals surface area (Å²) in [5.74, 6) is 2.07. The first-order valence-corrected chi connectivity index (χ1v) is 11.0. The van der Waals surface area contributed by atoms with Crippen molar-refractivity contribution in [2.24, 2.45) is 11.3 Å². The summed E-state index contributed by atoms with van der Waals surface area (Å²) >= 11 is 0. The molecule has 4 heteroatoms. The maximum atomic E-state index is 13.0. The van der Waals surface area contributed by atoms with Gasteiger partial charge in [0, 0.05) is 24.5 Å². The lowest BCUT2D eigenvalue weighted by Gasteiger charge is -2.38. The number of benzene rings is 1. The summed E-state index contributed by atoms with van der Waals surface area (Å²) in [5, 5.41) is 0. The molecule has 0 aromatic heterocycles. The molecule has 1 fully saturated rings. The predicted octanol–water partition coefficient (Wildman–Crippen LogP) is 5.53. The molecule has 0 amide bonds. The average Bonchev–Trinajstić information content (AvgIpc) is 3.04. The number of allylic oxidation sites excluding steroid dienone is 1. The Labute approximate surface area is 175 Å². The summed E-state index contributed by atoms with van der Waals surface area (Å²) in [7, 11) is 3.33. The van der Waals surface area contributed by atoms with Gasteiger partial charge in [-0.1, -0.05) is 32.8 Å². The number of carbonyl (C=O) groups excluding carboxylic acids is 1. The van der Waals surface area contributed by atoms with Crippen molar-refractivity contribution in [3.63, 3.8) is 0 Å². The molecule has 2 aliphatic carbocycles. The number of Topliss-reactive ketones (excluding diaryl/α,β-unsaturated/α-hetero) is 1. The molecule has 2 aliphatic rings. The molecule has 160 valence electrons. The van der Waals surface area contributed by atoms with Gasteiger partial charge in [0.05, 0.1) is 20.3 Å². The van der Waals surface area contributed by atoms with Crippen LogP contribution in [0, 0.1) is 11.3 Å². The molecular formula is C25H36O4. The van der Waals surface area contributed by atoms with Crippen molar-refractivity contribution < 1.29 is 19.0 Å². The minimum absolute atomic E-state index is 0.0112. The molecule has 0 bridgehead atoms. The Morgan fingerprint density at radius 2 is 1.83 bits per heavy atom. The zero-order valence-electron chi connectivity index (χ0n) is 18.7. The van der Waals surface area contributed by atoms with E-state index < -0.39 is 0 Å². The minimum atomic E-state index is 0.0112. The summed E-state index contributed by atoms with van der Waals surface area (Å²) in [6.45, 7) is 7.52. The summed E-state index contributed by atoms with van der Waals surface area (Å²) in [6, 6.07) is 5.97. The van der Waals surface area contributed by atoms with Gasteiger partial charge in [0.1, 0.15) is 11.5 Å². The van der Waals surface area contributed by atoms with Crippen LogP contribution >= 0.6 is 0 Å². The molecule has 4 nitrogen and oxygen atoms in total. The number of hydrogen-bond acceptors (Lipinski definition) is 4. The normalized spacial score (nSPS) is 25.1.